The number of nitrogens with zero attached hydrogens (tertiary/aromatic N) is 2. The second kappa shape index (κ2) is 8.69. The predicted octanol–water partition coefficient (Wildman–Crippen LogP) is 3.64. The molecular formula is C16H12BrF3N4O4. The molecule has 0 spiro atoms. The summed E-state index contributed by atoms with van der Waals surface area (Å²) >= 11 is 3.05. The van der Waals surface area contributed by atoms with Crippen LogP contribution in [0.3, 0.4) is 0 Å². The number of phenolic OH excluding ortho intramolecular Hbond substituents is 1. The number of nitro benzene ring substituents is 1. The van der Waals surface area contributed by atoms with Gasteiger partial charge in [-0.3, -0.25) is 14.9 Å². The van der Waals surface area contributed by atoms with Gasteiger partial charge in [-0.25, -0.2) is 5.43 Å². The molecule has 0 fully saturated rings. The molecule has 0 atom stereocenters. The van der Waals surface area contributed by atoms with Crippen molar-refractivity contribution in [2.24, 2.45) is 5.10 Å². The summed E-state index contributed by atoms with van der Waals surface area (Å²) in [6, 6.07) is 6.77. The molecule has 8 nitrogen and oxygen atoms in total. The average Bonchev–Trinajstić information content (AvgIpc) is 2.62. The van der Waals surface area contributed by atoms with Crippen LogP contribution in [0.25, 0.3) is 0 Å². The van der Waals surface area contributed by atoms with E-state index in [2.05, 4.69) is 31.8 Å². The van der Waals surface area contributed by atoms with Crippen molar-refractivity contribution in [3.63, 3.8) is 0 Å². The zero-order valence-corrected chi connectivity index (χ0v) is 15.4. The number of carbonyl (C=O) groups is 1. The minimum Gasteiger partial charge on any atom is -0.502 e. The number of rotatable bonds is 6. The minimum absolute atomic E-state index is 0.0211. The number of aromatic hydroxyl groups is 1. The summed E-state index contributed by atoms with van der Waals surface area (Å²) in [7, 11) is 0. The Kier molecular flexibility index (Phi) is 6.57. The first-order valence-electron chi connectivity index (χ1n) is 7.48. The van der Waals surface area contributed by atoms with Crippen LogP contribution in [-0.4, -0.2) is 28.7 Å². The van der Waals surface area contributed by atoms with Gasteiger partial charge in [0.1, 0.15) is 0 Å². The highest BCUT2D eigenvalue weighted by atomic mass is 79.9. The maximum absolute atomic E-state index is 12.6. The number of hydrazone groups is 1. The summed E-state index contributed by atoms with van der Waals surface area (Å²) in [5.41, 5.74) is 0.755. The molecule has 0 bridgehead atoms. The summed E-state index contributed by atoms with van der Waals surface area (Å²) in [6.45, 7) is -0.372. The maximum Gasteiger partial charge on any atom is 0.416 e. The van der Waals surface area contributed by atoms with E-state index < -0.39 is 34.0 Å². The van der Waals surface area contributed by atoms with Gasteiger partial charge in [0.15, 0.2) is 0 Å². The van der Waals surface area contributed by atoms with Crippen molar-refractivity contribution < 1.29 is 28.0 Å². The molecule has 0 aliphatic heterocycles. The van der Waals surface area contributed by atoms with Crippen LogP contribution >= 0.6 is 15.9 Å². The molecule has 0 radical (unpaired) electrons. The molecule has 0 aromatic heterocycles. The summed E-state index contributed by atoms with van der Waals surface area (Å²) in [5, 5.41) is 26.8. The Morgan fingerprint density at radius 2 is 2.04 bits per heavy atom. The lowest BCUT2D eigenvalue weighted by molar-refractivity contribution is -0.385. The second-order valence-corrected chi connectivity index (χ2v) is 6.26. The molecule has 2 rings (SSSR count). The molecule has 0 aliphatic rings. The van der Waals surface area contributed by atoms with Crippen molar-refractivity contribution in [3.8, 4) is 5.75 Å². The first-order chi connectivity index (χ1) is 13.1. The van der Waals surface area contributed by atoms with Crippen LogP contribution in [0.1, 0.15) is 11.1 Å². The predicted molar refractivity (Wildman–Crippen MR) is 98.1 cm³/mol. The number of alkyl halides is 3. The van der Waals surface area contributed by atoms with E-state index in [1.807, 2.05) is 0 Å². The van der Waals surface area contributed by atoms with Crippen molar-refractivity contribution >= 4 is 39.4 Å². The molecule has 28 heavy (non-hydrogen) atoms. The van der Waals surface area contributed by atoms with E-state index in [1.54, 1.807) is 0 Å². The van der Waals surface area contributed by atoms with Crippen LogP contribution in [0.4, 0.5) is 24.5 Å². The van der Waals surface area contributed by atoms with Gasteiger partial charge in [0, 0.05) is 21.8 Å². The Balaban J connectivity index is 1.97. The van der Waals surface area contributed by atoms with E-state index in [4.69, 9.17) is 0 Å². The molecule has 148 valence electrons. The largest absolute Gasteiger partial charge is 0.502 e. The van der Waals surface area contributed by atoms with Crippen molar-refractivity contribution in [2.75, 3.05) is 11.9 Å². The molecule has 3 N–H and O–H groups in total. The number of amides is 1. The van der Waals surface area contributed by atoms with E-state index in [9.17, 15) is 33.2 Å². The molecule has 2 aromatic rings. The second-order valence-electron chi connectivity index (χ2n) is 5.35. The number of hydrogen-bond donors (Lipinski definition) is 3. The van der Waals surface area contributed by atoms with Crippen LogP contribution in [0.5, 0.6) is 5.75 Å². The number of benzene rings is 2. The van der Waals surface area contributed by atoms with E-state index >= 15 is 0 Å². The maximum atomic E-state index is 12.6. The lowest BCUT2D eigenvalue weighted by atomic mass is 10.2. The fraction of sp³-hybridized carbons (Fsp3) is 0.125. The molecule has 0 heterocycles. The standard InChI is InChI=1S/C16H12BrF3N4O4/c17-11-4-9(15(26)13(6-11)24(27)28)7-22-23-14(25)8-21-12-3-1-2-10(5-12)16(18,19)20/h1-7,21,26H,8H2,(H,23,25)/b22-7-. The van der Waals surface area contributed by atoms with Crippen molar-refractivity contribution in [1.82, 2.24) is 5.43 Å². The summed E-state index contributed by atoms with van der Waals surface area (Å²) < 4.78 is 38.2. The Morgan fingerprint density at radius 3 is 2.68 bits per heavy atom. The van der Waals surface area contributed by atoms with Crippen LogP contribution in [0, 0.1) is 10.1 Å². The molecule has 1 amide bonds. The first-order valence-corrected chi connectivity index (χ1v) is 8.27. The van der Waals surface area contributed by atoms with Crippen LogP contribution in [0.15, 0.2) is 46.0 Å². The van der Waals surface area contributed by atoms with Crippen LogP contribution in [-0.2, 0) is 11.0 Å². The summed E-state index contributed by atoms with van der Waals surface area (Å²) in [4.78, 5) is 21.8. The molecule has 0 saturated heterocycles. The third kappa shape index (κ3) is 5.67. The van der Waals surface area contributed by atoms with Gasteiger partial charge in [0.05, 0.1) is 23.2 Å². The number of anilines is 1. The number of halogens is 4. The third-order valence-electron chi connectivity index (χ3n) is 3.32. The first kappa shape index (κ1) is 21.2. The highest BCUT2D eigenvalue weighted by molar-refractivity contribution is 9.10. The highest BCUT2D eigenvalue weighted by Crippen LogP contribution is 2.32. The van der Waals surface area contributed by atoms with Crippen LogP contribution in [0.2, 0.25) is 0 Å². The minimum atomic E-state index is -4.50. The zero-order valence-electron chi connectivity index (χ0n) is 13.8. The number of carbonyl (C=O) groups excluding carboxylic acids is 1. The lowest BCUT2D eigenvalue weighted by Gasteiger charge is -2.10. The number of hydrogen-bond acceptors (Lipinski definition) is 6. The Labute approximate surface area is 164 Å². The van der Waals surface area contributed by atoms with Gasteiger partial charge >= 0.3 is 11.9 Å². The molecule has 0 aliphatic carbocycles. The van der Waals surface area contributed by atoms with Gasteiger partial charge in [-0.05, 0) is 24.3 Å². The molecule has 2 aromatic carbocycles. The average molecular weight is 461 g/mol. The van der Waals surface area contributed by atoms with Crippen molar-refractivity contribution in [2.45, 2.75) is 6.18 Å². The quantitative estimate of drug-likeness (QED) is 0.345. The SMILES string of the molecule is O=C(CNc1cccc(C(F)(F)F)c1)N/N=C\c1cc(Br)cc([N+](=O)[O-])c1O. The molecule has 0 saturated carbocycles. The van der Waals surface area contributed by atoms with Gasteiger partial charge in [-0.15, -0.1) is 0 Å². The van der Waals surface area contributed by atoms with Gasteiger partial charge in [0.25, 0.3) is 5.91 Å². The fourth-order valence-corrected chi connectivity index (χ4v) is 2.51. The monoisotopic (exact) mass is 460 g/mol. The third-order valence-corrected chi connectivity index (χ3v) is 3.77. The molecule has 12 heteroatoms. The van der Waals surface area contributed by atoms with Gasteiger partial charge in [-0.1, -0.05) is 22.0 Å². The smallest absolute Gasteiger partial charge is 0.416 e. The van der Waals surface area contributed by atoms with Crippen molar-refractivity contribution in [1.29, 1.82) is 0 Å². The summed E-state index contributed by atoms with van der Waals surface area (Å²) in [6.07, 6.45) is -3.51. The van der Waals surface area contributed by atoms with E-state index in [-0.39, 0.29) is 17.8 Å². The van der Waals surface area contributed by atoms with E-state index in [1.165, 1.54) is 18.2 Å². The Bertz CT molecular complexity index is 935. The zero-order chi connectivity index (χ0) is 20.9. The van der Waals surface area contributed by atoms with E-state index in [0.717, 1.165) is 24.4 Å². The number of nitrogens with one attached hydrogen (secondary N) is 2. The van der Waals surface area contributed by atoms with Gasteiger partial charge < -0.3 is 10.4 Å². The van der Waals surface area contributed by atoms with E-state index in [0.29, 0.717) is 4.47 Å². The number of nitro groups is 1. The lowest BCUT2D eigenvalue weighted by Crippen LogP contribution is -2.26. The normalized spacial score (nSPS) is 11.4. The molecule has 0 unspecified atom stereocenters. The Morgan fingerprint density at radius 1 is 1.32 bits per heavy atom. The summed E-state index contributed by atoms with van der Waals surface area (Å²) in [5.74, 6) is -1.31. The number of phenols is 1. The van der Waals surface area contributed by atoms with Crippen molar-refractivity contribution in [3.05, 3.63) is 62.1 Å². The molecular weight excluding hydrogens is 449 g/mol. The van der Waals surface area contributed by atoms with Gasteiger partial charge in [-0.2, -0.15) is 18.3 Å². The topological polar surface area (TPSA) is 117 Å². The Hall–Kier alpha value is -3.15. The van der Waals surface area contributed by atoms with Crippen LogP contribution < -0.4 is 10.7 Å². The van der Waals surface area contributed by atoms with Gasteiger partial charge in [0.2, 0.25) is 5.75 Å². The fourth-order valence-electron chi connectivity index (χ4n) is 2.04. The highest BCUT2D eigenvalue weighted by Gasteiger charge is 2.30.